The Morgan fingerprint density at radius 1 is 1.15 bits per heavy atom. The average Bonchev–Trinajstić information content (AvgIpc) is 1.80. The Labute approximate surface area is 76.9 Å². The first-order valence-electron chi connectivity index (χ1n) is 3.43. The lowest BCUT2D eigenvalue weighted by molar-refractivity contribution is -0.140. The Bertz CT molecular complexity index is 187. The highest BCUT2D eigenvalue weighted by molar-refractivity contribution is 7.79. The van der Waals surface area contributed by atoms with Crippen LogP contribution in [0.5, 0.6) is 0 Å². The van der Waals surface area contributed by atoms with Crippen LogP contribution in [0.2, 0.25) is 0 Å². The first-order chi connectivity index (χ1) is 5.91. The summed E-state index contributed by atoms with van der Waals surface area (Å²) >= 11 is -2.16. The Kier molecular flexibility index (Phi) is 5.24. The zero-order valence-corrected chi connectivity index (χ0v) is 7.49. The number of carbonyl (C=O) groups is 2. The summed E-state index contributed by atoms with van der Waals surface area (Å²) in [5, 5.41) is 16.7. The van der Waals surface area contributed by atoms with Gasteiger partial charge in [0.25, 0.3) is 0 Å². The molecule has 0 aromatic carbocycles. The molecule has 0 rings (SSSR count). The van der Waals surface area contributed by atoms with Gasteiger partial charge in [-0.25, -0.2) is 4.21 Å². The zero-order chi connectivity index (χ0) is 10.4. The molecule has 0 radical (unpaired) electrons. The van der Waals surface area contributed by atoms with Crippen LogP contribution in [0.4, 0.5) is 0 Å². The highest BCUT2D eigenvalue weighted by atomic mass is 32.2. The van der Waals surface area contributed by atoms with Gasteiger partial charge in [0.1, 0.15) is 0 Å². The van der Waals surface area contributed by atoms with E-state index in [4.69, 9.17) is 14.8 Å². The van der Waals surface area contributed by atoms with Crippen molar-refractivity contribution in [3.63, 3.8) is 0 Å². The van der Waals surface area contributed by atoms with E-state index >= 15 is 0 Å². The molecule has 0 spiro atoms. The van der Waals surface area contributed by atoms with E-state index in [1.807, 2.05) is 0 Å². The van der Waals surface area contributed by atoms with Gasteiger partial charge < -0.3 is 14.8 Å². The van der Waals surface area contributed by atoms with Crippen molar-refractivity contribution in [2.24, 2.45) is 5.92 Å². The molecule has 6 nitrogen and oxygen atoms in total. The third-order valence-corrected chi connectivity index (χ3v) is 2.06. The number of hydrogen-bond donors (Lipinski definition) is 3. The number of rotatable bonds is 6. The van der Waals surface area contributed by atoms with Crippen LogP contribution in [0.25, 0.3) is 0 Å². The van der Waals surface area contributed by atoms with Crippen molar-refractivity contribution < 1.29 is 28.6 Å². The summed E-state index contributed by atoms with van der Waals surface area (Å²) in [6.45, 7) is 0. The lowest BCUT2D eigenvalue weighted by Crippen LogP contribution is -2.18. The minimum absolute atomic E-state index is 0.321. The molecular weight excluding hydrogens is 200 g/mol. The maximum Gasteiger partial charge on any atom is 0.303 e. The Morgan fingerprint density at radius 3 is 1.77 bits per heavy atom. The van der Waals surface area contributed by atoms with Gasteiger partial charge in [-0.2, -0.15) is 0 Å². The van der Waals surface area contributed by atoms with Gasteiger partial charge in [-0.1, -0.05) is 0 Å². The van der Waals surface area contributed by atoms with Gasteiger partial charge in [-0.05, 0) is 5.92 Å². The molecule has 0 saturated heterocycles. The number of aliphatic carboxylic acids is 2. The second-order valence-electron chi connectivity index (χ2n) is 2.55. The molecule has 0 aliphatic rings. The van der Waals surface area contributed by atoms with Crippen molar-refractivity contribution in [3.8, 4) is 0 Å². The maximum atomic E-state index is 10.3. The van der Waals surface area contributed by atoms with Gasteiger partial charge in [-0.15, -0.1) is 0 Å². The standard InChI is InChI=1S/C6H10O6S/c7-5(8)1-4(2-6(9)10)3-13(11)12/h4H,1-3H2,(H,7,8)(H,9,10)(H,11,12). The van der Waals surface area contributed by atoms with Crippen LogP contribution in [-0.4, -0.2) is 36.7 Å². The molecule has 0 aliphatic heterocycles. The van der Waals surface area contributed by atoms with Gasteiger partial charge in [-0.3, -0.25) is 9.59 Å². The van der Waals surface area contributed by atoms with Gasteiger partial charge in [0.2, 0.25) is 0 Å². The molecule has 0 aliphatic carbocycles. The third kappa shape index (κ3) is 7.41. The van der Waals surface area contributed by atoms with E-state index < -0.39 is 41.8 Å². The number of carboxylic acid groups (broad SMARTS) is 2. The molecule has 0 saturated carbocycles. The summed E-state index contributed by atoms with van der Waals surface area (Å²) < 4.78 is 18.7. The molecule has 0 fully saturated rings. The van der Waals surface area contributed by atoms with Gasteiger partial charge in [0.05, 0.1) is 5.75 Å². The summed E-state index contributed by atoms with van der Waals surface area (Å²) in [4.78, 5) is 20.4. The zero-order valence-electron chi connectivity index (χ0n) is 6.67. The smallest absolute Gasteiger partial charge is 0.303 e. The molecule has 0 heterocycles. The fraction of sp³-hybridized carbons (Fsp3) is 0.667. The van der Waals surface area contributed by atoms with Gasteiger partial charge in [0.15, 0.2) is 11.1 Å². The molecule has 0 aromatic heterocycles. The average molecular weight is 210 g/mol. The van der Waals surface area contributed by atoms with E-state index in [1.54, 1.807) is 0 Å². The fourth-order valence-corrected chi connectivity index (χ4v) is 1.52. The SMILES string of the molecule is O=C(O)CC(CC(=O)O)CS(=O)O. The van der Waals surface area contributed by atoms with Crippen LogP contribution in [0.15, 0.2) is 0 Å². The Balaban J connectivity index is 4.10. The van der Waals surface area contributed by atoms with Gasteiger partial charge >= 0.3 is 11.9 Å². The lowest BCUT2D eigenvalue weighted by atomic mass is 10.0. The first-order valence-corrected chi connectivity index (χ1v) is 4.70. The lowest BCUT2D eigenvalue weighted by Gasteiger charge is -2.08. The van der Waals surface area contributed by atoms with Crippen molar-refractivity contribution in [1.29, 1.82) is 0 Å². The van der Waals surface area contributed by atoms with E-state index in [1.165, 1.54) is 0 Å². The predicted molar refractivity (Wildman–Crippen MR) is 43.6 cm³/mol. The van der Waals surface area contributed by atoms with E-state index in [0.29, 0.717) is 0 Å². The van der Waals surface area contributed by atoms with Crippen LogP contribution >= 0.6 is 0 Å². The normalized spacial score (nSPS) is 12.8. The van der Waals surface area contributed by atoms with E-state index in [-0.39, 0.29) is 5.75 Å². The predicted octanol–water partition coefficient (Wildman–Crippen LogP) is -0.226. The van der Waals surface area contributed by atoms with Crippen LogP contribution in [0.1, 0.15) is 12.8 Å². The van der Waals surface area contributed by atoms with E-state index in [0.717, 1.165) is 0 Å². The molecule has 0 aromatic rings. The molecule has 0 bridgehead atoms. The van der Waals surface area contributed by atoms with Crippen molar-refractivity contribution in [3.05, 3.63) is 0 Å². The van der Waals surface area contributed by atoms with E-state index in [9.17, 15) is 13.8 Å². The summed E-state index contributed by atoms with van der Waals surface area (Å²) in [7, 11) is 0. The van der Waals surface area contributed by atoms with E-state index in [2.05, 4.69) is 0 Å². The molecule has 1 atom stereocenters. The maximum absolute atomic E-state index is 10.3. The molecule has 0 amide bonds. The number of hydrogen-bond acceptors (Lipinski definition) is 3. The largest absolute Gasteiger partial charge is 0.481 e. The van der Waals surface area contributed by atoms with Crippen molar-refractivity contribution in [1.82, 2.24) is 0 Å². The fourth-order valence-electron chi connectivity index (χ4n) is 0.886. The van der Waals surface area contributed by atoms with Crippen LogP contribution in [0.3, 0.4) is 0 Å². The molecule has 76 valence electrons. The summed E-state index contributed by atoms with van der Waals surface area (Å²) in [5.74, 6) is -3.45. The molecule has 1 unspecified atom stereocenters. The Morgan fingerprint density at radius 2 is 1.54 bits per heavy atom. The third-order valence-electron chi connectivity index (χ3n) is 1.30. The summed E-state index contributed by atoms with van der Waals surface area (Å²) in [5.41, 5.74) is 0. The molecule has 7 heteroatoms. The van der Waals surface area contributed by atoms with Crippen molar-refractivity contribution in [2.45, 2.75) is 12.8 Å². The van der Waals surface area contributed by atoms with Crippen LogP contribution < -0.4 is 0 Å². The van der Waals surface area contributed by atoms with Crippen LogP contribution in [-0.2, 0) is 20.7 Å². The highest BCUT2D eigenvalue weighted by Gasteiger charge is 2.18. The van der Waals surface area contributed by atoms with Crippen molar-refractivity contribution >= 4 is 23.0 Å². The Hall–Kier alpha value is -0.950. The topological polar surface area (TPSA) is 112 Å². The minimum atomic E-state index is -2.16. The molecular formula is C6H10O6S. The summed E-state index contributed by atoms with van der Waals surface area (Å²) in [6, 6.07) is 0. The van der Waals surface area contributed by atoms with Gasteiger partial charge in [0, 0.05) is 12.8 Å². The summed E-state index contributed by atoms with van der Waals surface area (Å²) in [6.07, 6.45) is -0.808. The molecule has 13 heavy (non-hydrogen) atoms. The molecule has 3 N–H and O–H groups in total. The number of carboxylic acids is 2. The first kappa shape index (κ1) is 12.0. The minimum Gasteiger partial charge on any atom is -0.481 e. The van der Waals surface area contributed by atoms with Crippen LogP contribution in [0, 0.1) is 5.92 Å². The quantitative estimate of drug-likeness (QED) is 0.522. The van der Waals surface area contributed by atoms with Crippen molar-refractivity contribution in [2.75, 3.05) is 5.75 Å². The monoisotopic (exact) mass is 210 g/mol. The highest BCUT2D eigenvalue weighted by Crippen LogP contribution is 2.09. The second kappa shape index (κ2) is 5.65. The second-order valence-corrected chi connectivity index (χ2v) is 3.53.